The van der Waals surface area contributed by atoms with Gasteiger partial charge in [0, 0.05) is 40.9 Å². The van der Waals surface area contributed by atoms with Gasteiger partial charge >= 0.3 is 6.03 Å². The van der Waals surface area contributed by atoms with Gasteiger partial charge in [-0.3, -0.25) is 4.79 Å². The number of carbonyl (C=O) groups is 2. The maximum atomic E-state index is 12.8. The van der Waals surface area contributed by atoms with Gasteiger partial charge in [-0.05, 0) is 61.4 Å². The number of urea groups is 1. The summed E-state index contributed by atoms with van der Waals surface area (Å²) in [5.41, 5.74) is 2.73. The molecule has 2 aromatic carbocycles. The summed E-state index contributed by atoms with van der Waals surface area (Å²) in [6, 6.07) is 12.4. The fraction of sp³-hybridized carbons (Fsp3) is 0.240. The molecule has 9 heteroatoms. The van der Waals surface area contributed by atoms with Crippen molar-refractivity contribution in [3.05, 3.63) is 70.4 Å². The summed E-state index contributed by atoms with van der Waals surface area (Å²) in [6.45, 7) is 1.89. The number of pyridine rings is 1. The lowest BCUT2D eigenvalue weighted by Gasteiger charge is -2.20. The molecule has 2 atom stereocenters. The smallest absolute Gasteiger partial charge is 0.320 e. The van der Waals surface area contributed by atoms with Crippen LogP contribution in [-0.4, -0.2) is 23.0 Å². The molecule has 172 valence electrons. The molecule has 34 heavy (non-hydrogen) atoms. The van der Waals surface area contributed by atoms with Crippen LogP contribution in [0.15, 0.2) is 48.7 Å². The van der Waals surface area contributed by atoms with E-state index in [1.165, 1.54) is 0 Å². The maximum absolute atomic E-state index is 12.8. The minimum atomic E-state index is -0.592. The van der Waals surface area contributed by atoms with Crippen molar-refractivity contribution in [2.24, 2.45) is 0 Å². The third kappa shape index (κ3) is 3.51. The molecule has 1 aliphatic carbocycles. The molecule has 8 nitrogen and oxygen atoms in total. The first-order chi connectivity index (χ1) is 16.4. The lowest BCUT2D eigenvalue weighted by molar-refractivity contribution is -0.116. The number of amides is 3. The zero-order valence-electron chi connectivity index (χ0n) is 18.3. The second kappa shape index (κ2) is 7.63. The summed E-state index contributed by atoms with van der Waals surface area (Å²) in [6.07, 6.45) is 3.14. The van der Waals surface area contributed by atoms with Gasteiger partial charge in [0.15, 0.2) is 0 Å². The molecule has 3 amide bonds. The van der Waals surface area contributed by atoms with E-state index in [1.54, 1.807) is 30.5 Å². The summed E-state index contributed by atoms with van der Waals surface area (Å²) < 4.78 is 12.2. The molecule has 3 aliphatic rings. The van der Waals surface area contributed by atoms with E-state index >= 15 is 0 Å². The minimum Gasteiger partial charge on any atom is -0.487 e. The van der Waals surface area contributed by atoms with Crippen LogP contribution >= 0.6 is 11.6 Å². The standard InChI is InChI=1S/C25H21ClN4O4/c1-13-10-14(26)2-5-18(13)28-24(32)30-25-12-21(25)34-20-6-3-15(11-17(20)25)33-19-8-9-27-23-16(19)4-7-22(31)29-23/h2-3,5-6,8-11,21H,4,7,12H2,1H3,(H,27,29,31)(H2,28,30,32)/t21-,25?/m0/s1. The van der Waals surface area contributed by atoms with Crippen molar-refractivity contribution in [2.75, 3.05) is 10.6 Å². The van der Waals surface area contributed by atoms with Gasteiger partial charge in [-0.1, -0.05) is 11.6 Å². The van der Waals surface area contributed by atoms with E-state index in [0.29, 0.717) is 47.3 Å². The molecular weight excluding hydrogens is 456 g/mol. The summed E-state index contributed by atoms with van der Waals surface area (Å²) in [4.78, 5) is 28.8. The number of aromatic nitrogens is 1. The van der Waals surface area contributed by atoms with E-state index in [-0.39, 0.29) is 18.0 Å². The van der Waals surface area contributed by atoms with Crippen molar-refractivity contribution in [3.8, 4) is 17.2 Å². The molecule has 1 saturated carbocycles. The number of halogens is 1. The minimum absolute atomic E-state index is 0.0494. The molecule has 3 heterocycles. The van der Waals surface area contributed by atoms with E-state index in [9.17, 15) is 9.59 Å². The van der Waals surface area contributed by atoms with Gasteiger partial charge in [0.2, 0.25) is 5.91 Å². The van der Waals surface area contributed by atoms with Crippen LogP contribution in [0.25, 0.3) is 0 Å². The monoisotopic (exact) mass is 476 g/mol. The molecular formula is C25H21ClN4O4. The number of fused-ring (bicyclic) bond motifs is 4. The van der Waals surface area contributed by atoms with E-state index in [1.807, 2.05) is 25.1 Å². The normalized spacial score (nSPS) is 21.4. The van der Waals surface area contributed by atoms with E-state index in [2.05, 4.69) is 20.9 Å². The van der Waals surface area contributed by atoms with Gasteiger partial charge in [0.25, 0.3) is 0 Å². The Morgan fingerprint density at radius 1 is 1.24 bits per heavy atom. The fourth-order valence-corrected chi connectivity index (χ4v) is 4.87. The van der Waals surface area contributed by atoms with Gasteiger partial charge < -0.3 is 25.4 Å². The molecule has 1 fully saturated rings. The number of anilines is 2. The fourth-order valence-electron chi connectivity index (χ4n) is 4.64. The summed E-state index contributed by atoms with van der Waals surface area (Å²) in [5, 5.41) is 9.41. The van der Waals surface area contributed by atoms with Gasteiger partial charge in [0.05, 0.1) is 0 Å². The van der Waals surface area contributed by atoms with Gasteiger partial charge in [-0.15, -0.1) is 0 Å². The Kier molecular flexibility index (Phi) is 4.67. The van der Waals surface area contributed by atoms with Crippen molar-refractivity contribution >= 4 is 35.0 Å². The average Bonchev–Trinajstić information content (AvgIpc) is 3.40. The SMILES string of the molecule is Cc1cc(Cl)ccc1NC(=O)NC12C[C@@H]1Oc1ccc(Oc3ccnc4c3CCC(=O)N4)cc12. The van der Waals surface area contributed by atoms with Gasteiger partial charge in [0.1, 0.15) is 34.7 Å². The molecule has 6 rings (SSSR count). The third-order valence-electron chi connectivity index (χ3n) is 6.47. The number of ether oxygens (including phenoxy) is 2. The number of hydrogen-bond donors (Lipinski definition) is 3. The quantitative estimate of drug-likeness (QED) is 0.497. The Morgan fingerprint density at radius 2 is 2.12 bits per heavy atom. The summed E-state index contributed by atoms with van der Waals surface area (Å²) >= 11 is 6.02. The van der Waals surface area contributed by atoms with Crippen LogP contribution in [-0.2, 0) is 16.8 Å². The lowest BCUT2D eigenvalue weighted by Crippen LogP contribution is -2.39. The van der Waals surface area contributed by atoms with E-state index < -0.39 is 5.54 Å². The topological polar surface area (TPSA) is 102 Å². The van der Waals surface area contributed by atoms with Gasteiger partial charge in [-0.2, -0.15) is 0 Å². The largest absolute Gasteiger partial charge is 0.487 e. The van der Waals surface area contributed by atoms with Crippen LogP contribution in [0, 0.1) is 6.92 Å². The van der Waals surface area contributed by atoms with Crippen molar-refractivity contribution < 1.29 is 19.1 Å². The Labute approximate surface area is 200 Å². The first kappa shape index (κ1) is 20.8. The first-order valence-electron chi connectivity index (χ1n) is 11.0. The van der Waals surface area contributed by atoms with Crippen LogP contribution in [0.3, 0.4) is 0 Å². The molecule has 0 spiro atoms. The van der Waals surface area contributed by atoms with Crippen LogP contribution in [0.5, 0.6) is 17.2 Å². The molecule has 3 N–H and O–H groups in total. The number of benzene rings is 2. The first-order valence-corrected chi connectivity index (χ1v) is 11.4. The van der Waals surface area contributed by atoms with E-state index in [4.69, 9.17) is 21.1 Å². The third-order valence-corrected chi connectivity index (χ3v) is 6.71. The Morgan fingerprint density at radius 3 is 2.97 bits per heavy atom. The van der Waals surface area contributed by atoms with Crippen molar-refractivity contribution in [1.29, 1.82) is 0 Å². The number of hydrogen-bond acceptors (Lipinski definition) is 5. The highest BCUT2D eigenvalue weighted by Gasteiger charge is 2.64. The maximum Gasteiger partial charge on any atom is 0.320 e. The Hall–Kier alpha value is -3.78. The van der Waals surface area contributed by atoms with Crippen molar-refractivity contribution in [3.63, 3.8) is 0 Å². The van der Waals surface area contributed by atoms with Crippen LogP contribution in [0.1, 0.15) is 29.5 Å². The zero-order chi connectivity index (χ0) is 23.4. The molecule has 3 aromatic rings. The van der Waals surface area contributed by atoms with E-state index in [0.717, 1.165) is 22.4 Å². The molecule has 0 saturated heterocycles. The van der Waals surface area contributed by atoms with Crippen LogP contribution in [0.4, 0.5) is 16.3 Å². The number of carbonyl (C=O) groups excluding carboxylic acids is 2. The van der Waals surface area contributed by atoms with Crippen molar-refractivity contribution in [1.82, 2.24) is 10.3 Å². The average molecular weight is 477 g/mol. The molecule has 2 aliphatic heterocycles. The van der Waals surface area contributed by atoms with Crippen molar-refractivity contribution in [2.45, 2.75) is 37.8 Å². The van der Waals surface area contributed by atoms with Gasteiger partial charge in [-0.25, -0.2) is 9.78 Å². The summed E-state index contributed by atoms with van der Waals surface area (Å²) in [7, 11) is 0. The molecule has 0 radical (unpaired) electrons. The second-order valence-corrected chi connectivity index (χ2v) is 9.20. The zero-order valence-corrected chi connectivity index (χ0v) is 19.0. The lowest BCUT2D eigenvalue weighted by atomic mass is 10.0. The Bertz CT molecular complexity index is 1360. The molecule has 0 bridgehead atoms. The highest BCUT2D eigenvalue weighted by Crippen LogP contribution is 2.58. The molecule has 1 unspecified atom stereocenters. The predicted octanol–water partition coefficient (Wildman–Crippen LogP) is 4.90. The number of aryl methyl sites for hydroxylation is 1. The van der Waals surface area contributed by atoms with Crippen LogP contribution in [0.2, 0.25) is 5.02 Å². The van der Waals surface area contributed by atoms with Crippen LogP contribution < -0.4 is 25.4 Å². The molecule has 1 aromatic heterocycles. The number of nitrogens with zero attached hydrogens (tertiary/aromatic N) is 1. The number of nitrogens with one attached hydrogen (secondary N) is 3. The Balaban J connectivity index is 1.23. The number of rotatable bonds is 4. The highest BCUT2D eigenvalue weighted by molar-refractivity contribution is 6.30. The predicted molar refractivity (Wildman–Crippen MR) is 127 cm³/mol. The second-order valence-electron chi connectivity index (χ2n) is 8.76. The highest BCUT2D eigenvalue weighted by atomic mass is 35.5. The summed E-state index contributed by atoms with van der Waals surface area (Å²) in [5.74, 6) is 2.49.